The third kappa shape index (κ3) is 1.36. The highest BCUT2D eigenvalue weighted by molar-refractivity contribution is 5.35. The minimum Gasteiger partial charge on any atom is -0.394 e. The van der Waals surface area contributed by atoms with Gasteiger partial charge in [0.25, 0.3) is 0 Å². The Hall–Kier alpha value is -0.860. The molecule has 2 rings (SSSR count). The summed E-state index contributed by atoms with van der Waals surface area (Å²) in [7, 11) is 0. The predicted octanol–water partition coefficient (Wildman–Crippen LogP) is 1.17. The van der Waals surface area contributed by atoms with Crippen LogP contribution in [-0.4, -0.2) is 11.7 Å². The lowest BCUT2D eigenvalue weighted by molar-refractivity contribution is 0.179. The van der Waals surface area contributed by atoms with Gasteiger partial charge in [-0.15, -0.1) is 0 Å². The van der Waals surface area contributed by atoms with Gasteiger partial charge in [-0.25, -0.2) is 0 Å². The van der Waals surface area contributed by atoms with Crippen LogP contribution in [0.25, 0.3) is 0 Å². The summed E-state index contributed by atoms with van der Waals surface area (Å²) in [5.41, 5.74) is 8.05. The van der Waals surface area contributed by atoms with Crippen molar-refractivity contribution in [2.24, 2.45) is 5.73 Å². The number of fused-ring (bicyclic) bond motifs is 1. The van der Waals surface area contributed by atoms with Gasteiger partial charge >= 0.3 is 0 Å². The van der Waals surface area contributed by atoms with Gasteiger partial charge in [-0.1, -0.05) is 24.3 Å². The van der Waals surface area contributed by atoms with Crippen molar-refractivity contribution in [1.82, 2.24) is 0 Å². The van der Waals surface area contributed by atoms with Crippen molar-refractivity contribution >= 4 is 0 Å². The van der Waals surface area contributed by atoms with Gasteiger partial charge in [0.2, 0.25) is 0 Å². The number of benzene rings is 1. The molecule has 0 aromatic heterocycles. The largest absolute Gasteiger partial charge is 0.394 e. The molecule has 0 amide bonds. The zero-order chi connectivity index (χ0) is 9.31. The molecule has 0 bridgehead atoms. The summed E-state index contributed by atoms with van der Waals surface area (Å²) < 4.78 is 0. The maximum Gasteiger partial charge on any atom is 0.0653 e. The smallest absolute Gasteiger partial charge is 0.0653 e. The first-order valence-electron chi connectivity index (χ1n) is 4.74. The molecule has 0 saturated heterocycles. The van der Waals surface area contributed by atoms with Crippen molar-refractivity contribution in [3.8, 4) is 0 Å². The number of aliphatic hydroxyl groups is 1. The van der Waals surface area contributed by atoms with Crippen LogP contribution in [0, 0.1) is 0 Å². The number of aryl methyl sites for hydroxylation is 1. The third-order valence-electron chi connectivity index (χ3n) is 2.90. The topological polar surface area (TPSA) is 46.2 Å². The minimum atomic E-state index is -0.491. The second kappa shape index (κ2) is 3.13. The van der Waals surface area contributed by atoms with Crippen LogP contribution < -0.4 is 5.73 Å². The molecular formula is C11H15NO. The first-order valence-corrected chi connectivity index (χ1v) is 4.74. The number of nitrogens with two attached hydrogens (primary N) is 1. The summed E-state index contributed by atoms with van der Waals surface area (Å²) in [5, 5.41) is 9.27. The Labute approximate surface area is 78.4 Å². The molecule has 0 aliphatic heterocycles. The van der Waals surface area contributed by atoms with Crippen molar-refractivity contribution in [2.45, 2.75) is 24.8 Å². The quantitative estimate of drug-likeness (QED) is 0.676. The van der Waals surface area contributed by atoms with Crippen molar-refractivity contribution < 1.29 is 5.11 Å². The fourth-order valence-electron chi connectivity index (χ4n) is 2.12. The molecule has 13 heavy (non-hydrogen) atoms. The summed E-state index contributed by atoms with van der Waals surface area (Å²) in [6.07, 6.45) is 3.06. The summed E-state index contributed by atoms with van der Waals surface area (Å²) in [5.74, 6) is 0. The third-order valence-corrected chi connectivity index (χ3v) is 2.90. The fourth-order valence-corrected chi connectivity index (χ4v) is 2.12. The average molecular weight is 177 g/mol. The number of aliphatic hydroxyl groups excluding tert-OH is 1. The molecule has 1 aromatic carbocycles. The number of hydrogen-bond acceptors (Lipinski definition) is 2. The molecule has 1 unspecified atom stereocenters. The number of rotatable bonds is 1. The lowest BCUT2D eigenvalue weighted by Gasteiger charge is -2.33. The zero-order valence-electron chi connectivity index (χ0n) is 7.66. The molecule has 0 spiro atoms. The van der Waals surface area contributed by atoms with Crippen LogP contribution in [0.2, 0.25) is 0 Å². The zero-order valence-corrected chi connectivity index (χ0v) is 7.66. The van der Waals surface area contributed by atoms with E-state index in [9.17, 15) is 5.11 Å². The van der Waals surface area contributed by atoms with E-state index in [2.05, 4.69) is 6.07 Å². The Bertz CT molecular complexity index is 311. The normalized spacial score (nSPS) is 26.9. The van der Waals surface area contributed by atoms with Crippen molar-refractivity contribution in [3.05, 3.63) is 35.4 Å². The first-order chi connectivity index (χ1) is 6.26. The van der Waals surface area contributed by atoms with Crippen LogP contribution in [0.5, 0.6) is 0 Å². The van der Waals surface area contributed by atoms with Crippen molar-refractivity contribution in [1.29, 1.82) is 0 Å². The van der Waals surface area contributed by atoms with E-state index >= 15 is 0 Å². The van der Waals surface area contributed by atoms with E-state index < -0.39 is 5.54 Å². The van der Waals surface area contributed by atoms with E-state index in [-0.39, 0.29) is 6.61 Å². The first kappa shape index (κ1) is 8.73. The van der Waals surface area contributed by atoms with Gasteiger partial charge in [-0.3, -0.25) is 0 Å². The highest BCUT2D eigenvalue weighted by Crippen LogP contribution is 2.32. The number of hydrogen-bond donors (Lipinski definition) is 2. The molecule has 0 saturated carbocycles. The average Bonchev–Trinajstić information content (AvgIpc) is 2.19. The van der Waals surface area contributed by atoms with Crippen LogP contribution >= 0.6 is 0 Å². The Morgan fingerprint density at radius 1 is 1.38 bits per heavy atom. The van der Waals surface area contributed by atoms with E-state index in [1.165, 1.54) is 5.56 Å². The SMILES string of the molecule is NC1(CO)CCCc2ccccc21. The Balaban J connectivity index is 2.48. The van der Waals surface area contributed by atoms with Crippen LogP contribution in [0.3, 0.4) is 0 Å². The minimum absolute atomic E-state index is 0.0456. The van der Waals surface area contributed by atoms with Crippen LogP contribution in [0.15, 0.2) is 24.3 Å². The molecule has 0 heterocycles. The molecule has 1 aliphatic rings. The molecule has 2 nitrogen and oxygen atoms in total. The second-order valence-electron chi connectivity index (χ2n) is 3.82. The van der Waals surface area contributed by atoms with Gasteiger partial charge in [0.05, 0.1) is 12.1 Å². The van der Waals surface area contributed by atoms with E-state index in [1.54, 1.807) is 0 Å². The molecule has 0 radical (unpaired) electrons. The van der Waals surface area contributed by atoms with Crippen molar-refractivity contribution in [2.75, 3.05) is 6.61 Å². The maximum atomic E-state index is 9.27. The highest BCUT2D eigenvalue weighted by Gasteiger charge is 2.31. The second-order valence-corrected chi connectivity index (χ2v) is 3.82. The summed E-state index contributed by atoms with van der Waals surface area (Å²) >= 11 is 0. The van der Waals surface area contributed by atoms with Gasteiger partial charge in [0.15, 0.2) is 0 Å². The van der Waals surface area contributed by atoms with Crippen LogP contribution in [0.1, 0.15) is 24.0 Å². The fraction of sp³-hybridized carbons (Fsp3) is 0.455. The Morgan fingerprint density at radius 3 is 2.92 bits per heavy atom. The van der Waals surface area contributed by atoms with Gasteiger partial charge < -0.3 is 10.8 Å². The van der Waals surface area contributed by atoms with E-state index in [0.717, 1.165) is 24.8 Å². The highest BCUT2D eigenvalue weighted by atomic mass is 16.3. The lowest BCUT2D eigenvalue weighted by atomic mass is 9.78. The lowest BCUT2D eigenvalue weighted by Crippen LogP contribution is -2.43. The van der Waals surface area contributed by atoms with E-state index in [4.69, 9.17) is 5.73 Å². The monoisotopic (exact) mass is 177 g/mol. The molecule has 70 valence electrons. The summed E-state index contributed by atoms with van der Waals surface area (Å²) in [6.45, 7) is 0.0456. The van der Waals surface area contributed by atoms with Gasteiger partial charge in [0.1, 0.15) is 0 Å². The van der Waals surface area contributed by atoms with Gasteiger partial charge in [0, 0.05) is 0 Å². The Morgan fingerprint density at radius 2 is 2.15 bits per heavy atom. The molecule has 3 N–H and O–H groups in total. The van der Waals surface area contributed by atoms with Gasteiger partial charge in [-0.2, -0.15) is 0 Å². The van der Waals surface area contributed by atoms with E-state index in [0.29, 0.717) is 0 Å². The standard InChI is InChI=1S/C11H15NO/c12-11(8-13)7-3-5-9-4-1-2-6-10(9)11/h1-2,4,6,13H,3,5,7-8,12H2. The summed E-state index contributed by atoms with van der Waals surface area (Å²) in [4.78, 5) is 0. The molecule has 1 atom stereocenters. The van der Waals surface area contributed by atoms with Gasteiger partial charge in [-0.05, 0) is 30.4 Å². The molecule has 2 heteroatoms. The van der Waals surface area contributed by atoms with E-state index in [1.807, 2.05) is 18.2 Å². The molecule has 1 aliphatic carbocycles. The Kier molecular flexibility index (Phi) is 2.10. The predicted molar refractivity (Wildman–Crippen MR) is 52.3 cm³/mol. The molecular weight excluding hydrogens is 162 g/mol. The summed E-state index contributed by atoms with van der Waals surface area (Å²) in [6, 6.07) is 8.15. The van der Waals surface area contributed by atoms with Crippen molar-refractivity contribution in [3.63, 3.8) is 0 Å². The van der Waals surface area contributed by atoms with Crippen LogP contribution in [-0.2, 0) is 12.0 Å². The maximum absolute atomic E-state index is 9.27. The van der Waals surface area contributed by atoms with Crippen LogP contribution in [0.4, 0.5) is 0 Å². The molecule has 0 fully saturated rings. The molecule has 1 aromatic rings.